The molecule has 0 aromatic rings. The molecule has 0 aromatic heterocycles. The van der Waals surface area contributed by atoms with Crippen molar-refractivity contribution in [2.24, 2.45) is 11.7 Å². The highest BCUT2D eigenvalue weighted by Gasteiger charge is 2.34. The van der Waals surface area contributed by atoms with E-state index in [1.165, 1.54) is 0 Å². The number of nitrogens with two attached hydrogens (primary N) is 1. The topological polar surface area (TPSA) is 55.6 Å². The van der Waals surface area contributed by atoms with Gasteiger partial charge in [-0.15, -0.1) is 0 Å². The van der Waals surface area contributed by atoms with Gasteiger partial charge < -0.3 is 15.4 Å². The number of rotatable bonds is 7. The molecule has 0 aromatic carbocycles. The number of ether oxygens (including phenoxy) is 1. The van der Waals surface area contributed by atoms with Crippen LogP contribution in [0.25, 0.3) is 0 Å². The fourth-order valence-corrected chi connectivity index (χ4v) is 2.40. The van der Waals surface area contributed by atoms with Crippen molar-refractivity contribution in [1.82, 2.24) is 4.90 Å². The molecule has 1 heterocycles. The Morgan fingerprint density at radius 2 is 2.18 bits per heavy atom. The second-order valence-corrected chi connectivity index (χ2v) is 4.68. The van der Waals surface area contributed by atoms with Crippen LogP contribution in [0.1, 0.15) is 39.5 Å². The van der Waals surface area contributed by atoms with Gasteiger partial charge in [0.25, 0.3) is 0 Å². The Bertz CT molecular complexity index is 233. The number of amides is 1. The monoisotopic (exact) mass is 242 g/mol. The molecule has 0 aliphatic carbocycles. The standard InChI is InChI=1S/C13H26N2O2/c1-3-5-8-15(9-7-14)13(16)11-6-10-17-12(11)4-2/h11-12H,3-10,14H2,1-2H3. The van der Waals surface area contributed by atoms with Crippen LogP contribution in [0.5, 0.6) is 0 Å². The van der Waals surface area contributed by atoms with Crippen molar-refractivity contribution in [1.29, 1.82) is 0 Å². The van der Waals surface area contributed by atoms with E-state index >= 15 is 0 Å². The first-order chi connectivity index (χ1) is 8.24. The number of carbonyl (C=O) groups is 1. The fourth-order valence-electron chi connectivity index (χ4n) is 2.40. The van der Waals surface area contributed by atoms with E-state index in [2.05, 4.69) is 13.8 Å². The maximum absolute atomic E-state index is 12.4. The molecule has 2 N–H and O–H groups in total. The Kier molecular flexibility index (Phi) is 6.52. The van der Waals surface area contributed by atoms with Gasteiger partial charge in [0, 0.05) is 26.2 Å². The molecule has 0 saturated carbocycles. The zero-order valence-corrected chi connectivity index (χ0v) is 11.2. The molecular formula is C13H26N2O2. The van der Waals surface area contributed by atoms with E-state index in [4.69, 9.17) is 10.5 Å². The van der Waals surface area contributed by atoms with Crippen LogP contribution in [-0.4, -0.2) is 43.2 Å². The van der Waals surface area contributed by atoms with Gasteiger partial charge in [-0.2, -0.15) is 0 Å². The lowest BCUT2D eigenvalue weighted by atomic mass is 9.97. The molecule has 1 fully saturated rings. The third kappa shape index (κ3) is 3.96. The molecule has 4 nitrogen and oxygen atoms in total. The van der Waals surface area contributed by atoms with Gasteiger partial charge in [-0.3, -0.25) is 4.79 Å². The van der Waals surface area contributed by atoms with Crippen molar-refractivity contribution in [3.05, 3.63) is 0 Å². The SMILES string of the molecule is CCCCN(CCN)C(=O)C1CCOC1CC. The quantitative estimate of drug-likeness (QED) is 0.734. The minimum Gasteiger partial charge on any atom is -0.377 e. The van der Waals surface area contributed by atoms with Crippen LogP contribution in [0.4, 0.5) is 0 Å². The van der Waals surface area contributed by atoms with Crippen molar-refractivity contribution in [3.8, 4) is 0 Å². The van der Waals surface area contributed by atoms with E-state index < -0.39 is 0 Å². The van der Waals surface area contributed by atoms with E-state index in [0.717, 1.165) is 38.8 Å². The minimum atomic E-state index is 0.0587. The molecule has 0 spiro atoms. The summed E-state index contributed by atoms with van der Waals surface area (Å²) < 4.78 is 5.59. The van der Waals surface area contributed by atoms with Crippen LogP contribution in [0.2, 0.25) is 0 Å². The zero-order valence-electron chi connectivity index (χ0n) is 11.2. The van der Waals surface area contributed by atoms with Crippen LogP contribution in [-0.2, 0) is 9.53 Å². The first-order valence-corrected chi connectivity index (χ1v) is 6.85. The van der Waals surface area contributed by atoms with Crippen LogP contribution >= 0.6 is 0 Å². The molecule has 100 valence electrons. The van der Waals surface area contributed by atoms with Gasteiger partial charge in [-0.1, -0.05) is 20.3 Å². The van der Waals surface area contributed by atoms with Gasteiger partial charge in [0.15, 0.2) is 0 Å². The van der Waals surface area contributed by atoms with Crippen LogP contribution < -0.4 is 5.73 Å². The van der Waals surface area contributed by atoms with Gasteiger partial charge >= 0.3 is 0 Å². The molecule has 1 amide bonds. The van der Waals surface area contributed by atoms with Crippen LogP contribution in [0.3, 0.4) is 0 Å². The normalized spacial score (nSPS) is 23.9. The maximum atomic E-state index is 12.4. The van der Waals surface area contributed by atoms with Gasteiger partial charge in [0.2, 0.25) is 5.91 Å². The molecule has 0 bridgehead atoms. The third-order valence-corrected chi connectivity index (χ3v) is 3.42. The molecule has 1 aliphatic heterocycles. The van der Waals surface area contributed by atoms with Gasteiger partial charge in [0.1, 0.15) is 0 Å². The molecule has 2 unspecified atom stereocenters. The Morgan fingerprint density at radius 3 is 2.76 bits per heavy atom. The summed E-state index contributed by atoms with van der Waals surface area (Å²) in [4.78, 5) is 14.3. The molecule has 1 aliphatic rings. The first-order valence-electron chi connectivity index (χ1n) is 6.85. The maximum Gasteiger partial charge on any atom is 0.228 e. The molecule has 2 atom stereocenters. The summed E-state index contributed by atoms with van der Waals surface area (Å²) in [6, 6.07) is 0. The van der Waals surface area contributed by atoms with E-state index in [-0.39, 0.29) is 17.9 Å². The van der Waals surface area contributed by atoms with E-state index in [1.807, 2.05) is 4.90 Å². The summed E-state index contributed by atoms with van der Waals surface area (Å²) in [6.07, 6.45) is 4.05. The summed E-state index contributed by atoms with van der Waals surface area (Å²) in [7, 11) is 0. The number of hydrogen-bond acceptors (Lipinski definition) is 3. The second-order valence-electron chi connectivity index (χ2n) is 4.68. The second kappa shape index (κ2) is 7.67. The van der Waals surface area contributed by atoms with E-state index in [0.29, 0.717) is 13.1 Å². The number of hydrogen-bond donors (Lipinski definition) is 1. The summed E-state index contributed by atoms with van der Waals surface area (Å²) in [5.41, 5.74) is 5.58. The van der Waals surface area contributed by atoms with Crippen molar-refractivity contribution in [2.45, 2.75) is 45.6 Å². The molecule has 1 saturated heterocycles. The number of nitrogens with zero attached hydrogens (tertiary/aromatic N) is 1. The molecule has 4 heteroatoms. The largest absolute Gasteiger partial charge is 0.377 e. The Hall–Kier alpha value is -0.610. The summed E-state index contributed by atoms with van der Waals surface area (Å²) in [5.74, 6) is 0.302. The minimum absolute atomic E-state index is 0.0587. The van der Waals surface area contributed by atoms with Gasteiger partial charge in [-0.05, 0) is 19.3 Å². The van der Waals surface area contributed by atoms with Crippen molar-refractivity contribution in [2.75, 3.05) is 26.2 Å². The van der Waals surface area contributed by atoms with Crippen molar-refractivity contribution < 1.29 is 9.53 Å². The molecular weight excluding hydrogens is 216 g/mol. The third-order valence-electron chi connectivity index (χ3n) is 3.42. The highest BCUT2D eigenvalue weighted by atomic mass is 16.5. The van der Waals surface area contributed by atoms with Crippen LogP contribution in [0, 0.1) is 5.92 Å². The fraction of sp³-hybridized carbons (Fsp3) is 0.923. The van der Waals surface area contributed by atoms with Gasteiger partial charge in [-0.25, -0.2) is 0 Å². The number of carbonyl (C=O) groups excluding carboxylic acids is 1. The van der Waals surface area contributed by atoms with Gasteiger partial charge in [0.05, 0.1) is 12.0 Å². The summed E-state index contributed by atoms with van der Waals surface area (Å²) in [5, 5.41) is 0. The Balaban J connectivity index is 2.56. The van der Waals surface area contributed by atoms with Crippen molar-refractivity contribution in [3.63, 3.8) is 0 Å². The lowest BCUT2D eigenvalue weighted by Gasteiger charge is -2.27. The van der Waals surface area contributed by atoms with Crippen molar-refractivity contribution >= 4 is 5.91 Å². The molecule has 1 rings (SSSR count). The van der Waals surface area contributed by atoms with E-state index in [1.54, 1.807) is 0 Å². The molecule has 17 heavy (non-hydrogen) atoms. The Morgan fingerprint density at radius 1 is 1.41 bits per heavy atom. The predicted octanol–water partition coefficient (Wildman–Crippen LogP) is 1.39. The zero-order chi connectivity index (χ0) is 12.7. The number of unbranched alkanes of at least 4 members (excludes halogenated alkanes) is 1. The highest BCUT2D eigenvalue weighted by molar-refractivity contribution is 5.79. The first kappa shape index (κ1) is 14.5. The molecule has 0 radical (unpaired) electrons. The Labute approximate surface area is 104 Å². The average molecular weight is 242 g/mol. The predicted molar refractivity (Wildman–Crippen MR) is 68.7 cm³/mol. The van der Waals surface area contributed by atoms with Crippen LogP contribution in [0.15, 0.2) is 0 Å². The lowest BCUT2D eigenvalue weighted by Crippen LogP contribution is -2.42. The average Bonchev–Trinajstić information content (AvgIpc) is 2.81. The smallest absolute Gasteiger partial charge is 0.228 e. The van der Waals surface area contributed by atoms with E-state index in [9.17, 15) is 4.79 Å². The summed E-state index contributed by atoms with van der Waals surface area (Å²) >= 11 is 0. The lowest BCUT2D eigenvalue weighted by molar-refractivity contribution is -0.137. The summed E-state index contributed by atoms with van der Waals surface area (Å²) in [6.45, 7) is 6.98. The highest BCUT2D eigenvalue weighted by Crippen LogP contribution is 2.25.